The third-order valence-electron chi connectivity index (χ3n) is 2.83. The lowest BCUT2D eigenvalue weighted by atomic mass is 9.94. The number of carbonyl (C=O) groups is 1. The van der Waals surface area contributed by atoms with Crippen LogP contribution in [0.25, 0.3) is 0 Å². The van der Waals surface area contributed by atoms with E-state index in [-0.39, 0.29) is 28.8 Å². The molecule has 4 nitrogen and oxygen atoms in total. The molecule has 1 heterocycles. The predicted molar refractivity (Wildman–Crippen MR) is 69.6 cm³/mol. The second-order valence-corrected chi connectivity index (χ2v) is 5.68. The van der Waals surface area contributed by atoms with Gasteiger partial charge >= 0.3 is 0 Å². The molecule has 0 spiro atoms. The Kier molecular flexibility index (Phi) is 3.52. The van der Waals surface area contributed by atoms with Gasteiger partial charge in [-0.05, 0) is 18.2 Å². The number of aromatic hydroxyl groups is 1. The molecular weight excluding hydrogens is 252 g/mol. The number of rotatable bonds is 3. The minimum Gasteiger partial charge on any atom is -0.507 e. The number of allylic oxidation sites excluding steroid dienone is 1. The Bertz CT molecular complexity index is 548. The van der Waals surface area contributed by atoms with Crippen molar-refractivity contribution < 1.29 is 18.8 Å². The Balaban J connectivity index is 2.44. The maximum absolute atomic E-state index is 11.9. The van der Waals surface area contributed by atoms with Crippen molar-refractivity contribution in [1.29, 1.82) is 0 Å². The first-order valence-electron chi connectivity index (χ1n) is 5.53. The zero-order valence-electron chi connectivity index (χ0n) is 10.2. The van der Waals surface area contributed by atoms with Crippen LogP contribution in [0.15, 0.2) is 24.5 Å². The van der Waals surface area contributed by atoms with Gasteiger partial charge in [0.15, 0.2) is 5.78 Å². The number of phenols is 1. The summed E-state index contributed by atoms with van der Waals surface area (Å²) in [6.07, 6.45) is 4.82. The van der Waals surface area contributed by atoms with Crippen LogP contribution in [0.4, 0.5) is 0 Å². The molecule has 2 unspecified atom stereocenters. The maximum atomic E-state index is 11.9. The van der Waals surface area contributed by atoms with Crippen molar-refractivity contribution in [1.82, 2.24) is 0 Å². The zero-order chi connectivity index (χ0) is 13.3. The highest BCUT2D eigenvalue weighted by molar-refractivity contribution is 7.85. The number of carbonyl (C=O) groups excluding carboxylic acids is 1. The Morgan fingerprint density at radius 1 is 1.50 bits per heavy atom. The molecule has 96 valence electrons. The molecule has 0 saturated heterocycles. The summed E-state index contributed by atoms with van der Waals surface area (Å²) in [5, 5.41) is 10.2. The fourth-order valence-corrected chi connectivity index (χ4v) is 2.47. The molecule has 0 saturated carbocycles. The fourth-order valence-electron chi connectivity index (χ4n) is 1.95. The van der Waals surface area contributed by atoms with Crippen LogP contribution in [0, 0.1) is 0 Å². The molecule has 1 aromatic carbocycles. The van der Waals surface area contributed by atoms with Crippen LogP contribution < -0.4 is 4.74 Å². The predicted octanol–water partition coefficient (Wildman–Crippen LogP) is 1.96. The number of Topliss-reactive ketones (excluding diaryl/α,β-unsaturated/α-hetero) is 1. The average Bonchev–Trinajstić information content (AvgIpc) is 2.28. The maximum Gasteiger partial charge on any atom is 0.179 e. The van der Waals surface area contributed by atoms with Gasteiger partial charge in [0.1, 0.15) is 11.5 Å². The van der Waals surface area contributed by atoms with Crippen LogP contribution in [0.2, 0.25) is 0 Å². The monoisotopic (exact) mass is 266 g/mol. The van der Waals surface area contributed by atoms with Crippen molar-refractivity contribution in [3.05, 3.63) is 35.6 Å². The van der Waals surface area contributed by atoms with Gasteiger partial charge in [-0.3, -0.25) is 9.00 Å². The summed E-state index contributed by atoms with van der Waals surface area (Å²) in [5.41, 5.74) is 0.805. The SMILES string of the molecule is CC1C=COc2ccc(C(=O)CS(C)=O)c(O)c21. The van der Waals surface area contributed by atoms with Gasteiger partial charge in [0, 0.05) is 28.5 Å². The van der Waals surface area contributed by atoms with Crippen LogP contribution >= 0.6 is 0 Å². The largest absolute Gasteiger partial charge is 0.507 e. The molecule has 0 fully saturated rings. The van der Waals surface area contributed by atoms with Gasteiger partial charge in [-0.2, -0.15) is 0 Å². The summed E-state index contributed by atoms with van der Waals surface area (Å²) in [5.74, 6) is 0.0558. The van der Waals surface area contributed by atoms with E-state index in [1.807, 2.05) is 6.92 Å². The summed E-state index contributed by atoms with van der Waals surface area (Å²) in [4.78, 5) is 11.9. The van der Waals surface area contributed by atoms with Crippen molar-refractivity contribution in [2.75, 3.05) is 12.0 Å². The van der Waals surface area contributed by atoms with Crippen molar-refractivity contribution in [2.24, 2.45) is 0 Å². The minimum atomic E-state index is -1.22. The number of benzene rings is 1. The van der Waals surface area contributed by atoms with Gasteiger partial charge in [-0.15, -0.1) is 0 Å². The minimum absolute atomic E-state index is 0.0198. The third-order valence-corrected chi connectivity index (χ3v) is 3.50. The Hall–Kier alpha value is -1.62. The van der Waals surface area contributed by atoms with E-state index in [0.717, 1.165) is 0 Å². The highest BCUT2D eigenvalue weighted by atomic mass is 32.2. The molecule has 2 atom stereocenters. The average molecular weight is 266 g/mol. The lowest BCUT2D eigenvalue weighted by Gasteiger charge is -2.20. The van der Waals surface area contributed by atoms with E-state index in [0.29, 0.717) is 11.3 Å². The van der Waals surface area contributed by atoms with Crippen LogP contribution in [-0.2, 0) is 10.8 Å². The molecule has 0 bridgehead atoms. The van der Waals surface area contributed by atoms with Gasteiger partial charge in [0.25, 0.3) is 0 Å². The molecule has 1 aliphatic heterocycles. The number of hydrogen-bond acceptors (Lipinski definition) is 4. The smallest absolute Gasteiger partial charge is 0.179 e. The van der Waals surface area contributed by atoms with E-state index in [1.54, 1.807) is 18.4 Å². The number of ketones is 1. The van der Waals surface area contributed by atoms with Crippen molar-refractivity contribution in [2.45, 2.75) is 12.8 Å². The molecule has 1 aliphatic rings. The summed E-state index contributed by atoms with van der Waals surface area (Å²) in [6, 6.07) is 3.16. The molecule has 18 heavy (non-hydrogen) atoms. The number of ether oxygens (including phenoxy) is 1. The van der Waals surface area contributed by atoms with Crippen molar-refractivity contribution in [3.8, 4) is 11.5 Å². The molecule has 1 N–H and O–H groups in total. The van der Waals surface area contributed by atoms with Crippen molar-refractivity contribution >= 4 is 16.6 Å². The standard InChI is InChI=1S/C13H14O4S/c1-8-5-6-17-11-4-3-9(13(15)12(8)11)10(14)7-18(2)16/h3-6,8,15H,7H2,1-2H3. The lowest BCUT2D eigenvalue weighted by molar-refractivity contribution is 0.101. The molecular formula is C13H14O4S. The summed E-state index contributed by atoms with van der Waals surface area (Å²) in [6.45, 7) is 1.91. The number of hydrogen-bond donors (Lipinski definition) is 1. The summed E-state index contributed by atoms with van der Waals surface area (Å²) in [7, 11) is -1.22. The Morgan fingerprint density at radius 2 is 2.22 bits per heavy atom. The first-order chi connectivity index (χ1) is 8.50. The van der Waals surface area contributed by atoms with E-state index < -0.39 is 10.8 Å². The molecule has 0 aliphatic carbocycles. The Morgan fingerprint density at radius 3 is 2.89 bits per heavy atom. The molecule has 0 aromatic heterocycles. The second kappa shape index (κ2) is 4.94. The lowest BCUT2D eigenvalue weighted by Crippen LogP contribution is -2.12. The highest BCUT2D eigenvalue weighted by Gasteiger charge is 2.23. The topological polar surface area (TPSA) is 63.6 Å². The molecule has 0 radical (unpaired) electrons. The second-order valence-electron chi connectivity index (χ2n) is 4.25. The van der Waals surface area contributed by atoms with E-state index in [1.165, 1.54) is 12.3 Å². The van der Waals surface area contributed by atoms with Crippen LogP contribution in [0.1, 0.15) is 28.8 Å². The Labute approximate surface area is 108 Å². The van der Waals surface area contributed by atoms with Gasteiger partial charge in [0.05, 0.1) is 17.6 Å². The van der Waals surface area contributed by atoms with E-state index in [4.69, 9.17) is 4.74 Å². The summed E-state index contributed by atoms with van der Waals surface area (Å²) < 4.78 is 16.3. The number of phenolic OH excluding ortho intramolecular Hbond substituents is 1. The first-order valence-corrected chi connectivity index (χ1v) is 7.26. The third kappa shape index (κ3) is 2.31. The summed E-state index contributed by atoms with van der Waals surface area (Å²) >= 11 is 0. The van der Waals surface area contributed by atoms with Gasteiger partial charge in [-0.1, -0.05) is 6.92 Å². The van der Waals surface area contributed by atoms with Crippen LogP contribution in [-0.4, -0.2) is 27.1 Å². The van der Waals surface area contributed by atoms with Crippen molar-refractivity contribution in [3.63, 3.8) is 0 Å². The van der Waals surface area contributed by atoms with E-state index >= 15 is 0 Å². The zero-order valence-corrected chi connectivity index (χ0v) is 11.0. The van der Waals surface area contributed by atoms with Crippen LogP contribution in [0.3, 0.4) is 0 Å². The number of fused-ring (bicyclic) bond motifs is 1. The normalized spacial score (nSPS) is 18.9. The quantitative estimate of drug-likeness (QED) is 0.849. The van der Waals surface area contributed by atoms with E-state index in [2.05, 4.69) is 0 Å². The fraction of sp³-hybridized carbons (Fsp3) is 0.308. The van der Waals surface area contributed by atoms with Gasteiger partial charge in [-0.25, -0.2) is 0 Å². The highest BCUT2D eigenvalue weighted by Crippen LogP contribution is 2.40. The van der Waals surface area contributed by atoms with Gasteiger partial charge < -0.3 is 9.84 Å². The molecule has 2 rings (SSSR count). The molecule has 1 aromatic rings. The van der Waals surface area contributed by atoms with E-state index in [9.17, 15) is 14.1 Å². The van der Waals surface area contributed by atoms with Crippen LogP contribution in [0.5, 0.6) is 11.5 Å². The molecule has 5 heteroatoms. The molecule has 0 amide bonds. The van der Waals surface area contributed by atoms with Gasteiger partial charge in [0.2, 0.25) is 0 Å². The first kappa shape index (κ1) is 12.8.